The van der Waals surface area contributed by atoms with Crippen LogP contribution < -0.4 is 0 Å². The Morgan fingerprint density at radius 1 is 1.50 bits per heavy atom. The minimum Gasteiger partial charge on any atom is -0.235 e. The molecule has 1 aliphatic carbocycles. The summed E-state index contributed by atoms with van der Waals surface area (Å²) in [5.74, 6) is -1.38. The summed E-state index contributed by atoms with van der Waals surface area (Å²) in [6, 6.07) is 0. The van der Waals surface area contributed by atoms with Crippen LogP contribution in [-0.4, -0.2) is 11.5 Å². The third-order valence-corrected chi connectivity index (χ3v) is 1.27. The largest absolute Gasteiger partial charge is 0.261 e. The summed E-state index contributed by atoms with van der Waals surface area (Å²) in [4.78, 5) is 3.56. The molecule has 1 aliphatic heterocycles. The normalized spacial score (nSPS) is 38.9. The summed E-state index contributed by atoms with van der Waals surface area (Å²) >= 11 is 0. The van der Waals surface area contributed by atoms with Crippen LogP contribution >= 0.6 is 0 Å². The van der Waals surface area contributed by atoms with E-state index in [1.54, 1.807) is 18.2 Å². The maximum Gasteiger partial charge on any atom is 0.261 e. The van der Waals surface area contributed by atoms with Crippen LogP contribution in [0, 0.1) is 0 Å². The zero-order valence-electron chi connectivity index (χ0n) is 4.13. The lowest BCUT2D eigenvalue weighted by Crippen LogP contribution is -2.06. The molecule has 1 atom stereocenters. The molecule has 2 rings (SSSR count). The first kappa shape index (κ1) is 4.01. The summed E-state index contributed by atoms with van der Waals surface area (Å²) < 4.78 is 12.6. The van der Waals surface area contributed by atoms with Crippen molar-refractivity contribution in [2.45, 2.75) is 5.79 Å². The van der Waals surface area contributed by atoms with Crippen molar-refractivity contribution < 1.29 is 4.39 Å². The Morgan fingerprint density at radius 2 is 2.38 bits per heavy atom. The Kier molecular flexibility index (Phi) is 0.460. The quantitative estimate of drug-likeness (QED) is 0.415. The van der Waals surface area contributed by atoms with Gasteiger partial charge in [-0.2, -0.15) is 0 Å². The van der Waals surface area contributed by atoms with Crippen LogP contribution in [0.25, 0.3) is 0 Å². The molecule has 0 bridgehead atoms. The van der Waals surface area contributed by atoms with Crippen molar-refractivity contribution in [3.05, 3.63) is 24.3 Å². The van der Waals surface area contributed by atoms with Gasteiger partial charge in [0.1, 0.15) is 5.71 Å². The lowest BCUT2D eigenvalue weighted by Gasteiger charge is -1.95. The van der Waals surface area contributed by atoms with Gasteiger partial charge in [-0.3, -0.25) is 0 Å². The molecule has 0 fully saturated rings. The smallest absolute Gasteiger partial charge is 0.235 e. The highest BCUT2D eigenvalue weighted by Gasteiger charge is 2.44. The molecular formula is C6H4FN. The van der Waals surface area contributed by atoms with E-state index in [0.29, 0.717) is 5.71 Å². The first-order valence-electron chi connectivity index (χ1n) is 2.46. The van der Waals surface area contributed by atoms with Gasteiger partial charge in [0.25, 0.3) is 5.79 Å². The maximum absolute atomic E-state index is 12.6. The highest BCUT2D eigenvalue weighted by molar-refractivity contribution is 6.14. The van der Waals surface area contributed by atoms with Crippen molar-refractivity contribution >= 4 is 5.71 Å². The number of allylic oxidation sites excluding steroid dienone is 2. The zero-order valence-corrected chi connectivity index (χ0v) is 4.13. The molecule has 0 saturated carbocycles. The second-order valence-electron chi connectivity index (χ2n) is 1.89. The van der Waals surface area contributed by atoms with Gasteiger partial charge in [-0.15, -0.1) is 0 Å². The standard InChI is InChI=1S/C6H4FN/c7-6-4-2-1-3-5(6)8-6/h1-4H. The van der Waals surface area contributed by atoms with Gasteiger partial charge in [-0.1, -0.05) is 12.2 Å². The third-order valence-electron chi connectivity index (χ3n) is 1.27. The summed E-state index contributed by atoms with van der Waals surface area (Å²) in [6.07, 6.45) is 6.58. The van der Waals surface area contributed by atoms with E-state index in [0.717, 1.165) is 0 Å². The summed E-state index contributed by atoms with van der Waals surface area (Å²) in [7, 11) is 0. The molecule has 0 amide bonds. The van der Waals surface area contributed by atoms with Gasteiger partial charge in [0.2, 0.25) is 0 Å². The minimum absolute atomic E-state index is 0.556. The molecule has 1 heterocycles. The van der Waals surface area contributed by atoms with E-state index in [1.165, 1.54) is 6.08 Å². The maximum atomic E-state index is 12.6. The SMILES string of the molecule is FC12C=CC=CC1=N2. The second kappa shape index (κ2) is 0.917. The fraction of sp³-hybridized carbons (Fsp3) is 0.167. The van der Waals surface area contributed by atoms with Crippen molar-refractivity contribution in [3.63, 3.8) is 0 Å². The summed E-state index contributed by atoms with van der Waals surface area (Å²) in [5.41, 5.74) is 0.556. The summed E-state index contributed by atoms with van der Waals surface area (Å²) in [6.45, 7) is 0. The predicted molar refractivity (Wildman–Crippen MR) is 29.6 cm³/mol. The molecule has 0 aromatic rings. The van der Waals surface area contributed by atoms with Gasteiger partial charge >= 0.3 is 0 Å². The lowest BCUT2D eigenvalue weighted by molar-refractivity contribution is 0.394. The third kappa shape index (κ3) is 0.327. The fourth-order valence-corrected chi connectivity index (χ4v) is 0.754. The van der Waals surface area contributed by atoms with E-state index in [4.69, 9.17) is 0 Å². The molecule has 1 nitrogen and oxygen atoms in total. The molecule has 1 unspecified atom stereocenters. The molecule has 2 aliphatic rings. The lowest BCUT2D eigenvalue weighted by atomic mass is 10.2. The molecular weight excluding hydrogens is 105 g/mol. The Bertz CT molecular complexity index is 215. The van der Waals surface area contributed by atoms with Gasteiger partial charge in [-0.25, -0.2) is 9.38 Å². The number of hydrogen-bond donors (Lipinski definition) is 0. The number of rotatable bonds is 0. The van der Waals surface area contributed by atoms with E-state index in [9.17, 15) is 4.39 Å². The minimum atomic E-state index is -1.38. The van der Waals surface area contributed by atoms with Crippen LogP contribution in [0.2, 0.25) is 0 Å². The van der Waals surface area contributed by atoms with Crippen molar-refractivity contribution in [1.82, 2.24) is 0 Å². The molecule has 0 radical (unpaired) electrons. The molecule has 0 saturated heterocycles. The van der Waals surface area contributed by atoms with E-state index >= 15 is 0 Å². The number of aliphatic imine (C=N–C) groups is 1. The Hall–Kier alpha value is -0.920. The van der Waals surface area contributed by atoms with E-state index in [2.05, 4.69) is 4.99 Å². The monoisotopic (exact) mass is 109 g/mol. The van der Waals surface area contributed by atoms with Crippen molar-refractivity contribution in [2.24, 2.45) is 4.99 Å². The van der Waals surface area contributed by atoms with E-state index in [-0.39, 0.29) is 0 Å². The van der Waals surface area contributed by atoms with Crippen LogP contribution in [0.5, 0.6) is 0 Å². The van der Waals surface area contributed by atoms with Crippen LogP contribution in [0.4, 0.5) is 4.39 Å². The molecule has 0 aromatic heterocycles. The molecule has 2 heteroatoms. The number of hydrogen-bond acceptors (Lipinski definition) is 1. The van der Waals surface area contributed by atoms with Gasteiger partial charge < -0.3 is 0 Å². The molecule has 40 valence electrons. The number of nitrogens with zero attached hydrogens (tertiary/aromatic N) is 1. The fourth-order valence-electron chi connectivity index (χ4n) is 0.754. The highest BCUT2D eigenvalue weighted by Crippen LogP contribution is 2.33. The van der Waals surface area contributed by atoms with Crippen LogP contribution in [0.3, 0.4) is 0 Å². The zero-order chi connectivity index (χ0) is 5.61. The Balaban J connectivity index is 2.40. The topological polar surface area (TPSA) is 12.4 Å². The van der Waals surface area contributed by atoms with Crippen molar-refractivity contribution in [1.29, 1.82) is 0 Å². The highest BCUT2D eigenvalue weighted by atomic mass is 19.1. The van der Waals surface area contributed by atoms with Crippen LogP contribution in [0.1, 0.15) is 0 Å². The van der Waals surface area contributed by atoms with Gasteiger partial charge in [-0.05, 0) is 12.2 Å². The van der Waals surface area contributed by atoms with Gasteiger partial charge in [0.05, 0.1) is 0 Å². The van der Waals surface area contributed by atoms with Gasteiger partial charge in [0, 0.05) is 0 Å². The molecule has 0 aromatic carbocycles. The van der Waals surface area contributed by atoms with Crippen LogP contribution in [-0.2, 0) is 0 Å². The van der Waals surface area contributed by atoms with Crippen LogP contribution in [0.15, 0.2) is 29.3 Å². The molecule has 0 spiro atoms. The first-order chi connectivity index (χ1) is 3.81. The Labute approximate surface area is 46.2 Å². The average Bonchev–Trinajstić information content (AvgIpc) is 2.39. The summed E-state index contributed by atoms with van der Waals surface area (Å²) in [5, 5.41) is 0. The first-order valence-corrected chi connectivity index (χ1v) is 2.46. The second-order valence-corrected chi connectivity index (χ2v) is 1.89. The molecule has 0 N–H and O–H groups in total. The number of alkyl halides is 1. The van der Waals surface area contributed by atoms with Crippen molar-refractivity contribution in [2.75, 3.05) is 0 Å². The number of fused-ring (bicyclic) bond motifs is 1. The van der Waals surface area contributed by atoms with E-state index < -0.39 is 5.79 Å². The Morgan fingerprint density at radius 3 is 2.88 bits per heavy atom. The average molecular weight is 109 g/mol. The van der Waals surface area contributed by atoms with E-state index in [1.807, 2.05) is 0 Å². The number of halogens is 1. The molecule has 8 heavy (non-hydrogen) atoms. The van der Waals surface area contributed by atoms with Crippen molar-refractivity contribution in [3.8, 4) is 0 Å². The van der Waals surface area contributed by atoms with Gasteiger partial charge in [0.15, 0.2) is 0 Å². The predicted octanol–water partition coefficient (Wildman–Crippen LogP) is 1.23.